The van der Waals surface area contributed by atoms with Crippen LogP contribution in [0.15, 0.2) is 0 Å². The number of aliphatic hydroxyl groups excluding tert-OH is 10. The van der Waals surface area contributed by atoms with E-state index < -0.39 is 156 Å². The molecule has 18 atom stereocenters. The van der Waals surface area contributed by atoms with Crippen molar-refractivity contribution in [2.75, 3.05) is 26.4 Å². The maximum Gasteiger partial charge on any atom is 0.472 e. The van der Waals surface area contributed by atoms with E-state index >= 15 is 0 Å². The third-order valence-corrected chi connectivity index (χ3v) is 19.4. The van der Waals surface area contributed by atoms with Crippen molar-refractivity contribution in [2.24, 2.45) is 0 Å². The molecule has 3 rings (SSSR count). The fourth-order valence-electron chi connectivity index (χ4n) is 12.3. The van der Waals surface area contributed by atoms with Crippen LogP contribution in [-0.2, 0) is 61.2 Å². The minimum absolute atomic E-state index is 0.0327. The van der Waals surface area contributed by atoms with Gasteiger partial charge in [0.15, 0.2) is 18.7 Å². The van der Waals surface area contributed by atoms with Gasteiger partial charge in [0.2, 0.25) is 0 Å². The van der Waals surface area contributed by atoms with Crippen LogP contribution in [0.4, 0.5) is 0 Å². The molecule has 25 heteroatoms. The van der Waals surface area contributed by atoms with Crippen LogP contribution in [0.5, 0.6) is 0 Å². The molecule has 1 aliphatic carbocycles. The number of hydrogen-bond donors (Lipinski definition) is 11. The number of carbonyl (C=O) groups is 3. The van der Waals surface area contributed by atoms with E-state index in [4.69, 9.17) is 42.2 Å². The van der Waals surface area contributed by atoms with Crippen molar-refractivity contribution in [2.45, 2.75) is 395 Å². The Bertz CT molecular complexity index is 1960. The van der Waals surface area contributed by atoms with Gasteiger partial charge in [-0.2, -0.15) is 0 Å². The second kappa shape index (κ2) is 52.0. The molecule has 1 saturated carbocycles. The quantitative estimate of drug-likeness (QED) is 0.0117. The normalized spacial score (nSPS) is 28.2. The lowest BCUT2D eigenvalue weighted by Gasteiger charge is -2.49. The Kier molecular flexibility index (Phi) is 47.7. The minimum Gasteiger partial charge on any atom is -0.463 e. The summed E-state index contributed by atoms with van der Waals surface area (Å²) in [5.41, 5.74) is 0. The second-order valence-corrected chi connectivity index (χ2v) is 28.1. The monoisotopic (exact) mass is 1370 g/mol. The van der Waals surface area contributed by atoms with Gasteiger partial charge in [-0.3, -0.25) is 23.4 Å². The van der Waals surface area contributed by atoms with Crippen molar-refractivity contribution in [1.82, 2.24) is 0 Å². The van der Waals surface area contributed by atoms with Crippen molar-refractivity contribution in [1.29, 1.82) is 0 Å². The SMILES string of the molecule is CCCCCCCCCCCCCCCCCC(=O)OC(COC(=O)CCCCCCCCCCCCCCC)COP(=O)(O)OC1C(OC2OC(CO)C(O)C(O)C2O)C(O)C(O)C(O)C1OC1OC(COC(=O)CCCCCCCCCCCCC)C(O)C(O)C1O. The van der Waals surface area contributed by atoms with Gasteiger partial charge in [-0.05, 0) is 19.3 Å². The lowest BCUT2D eigenvalue weighted by atomic mass is 9.84. The Hall–Kier alpha value is -2.04. The van der Waals surface area contributed by atoms with Crippen molar-refractivity contribution in [3.05, 3.63) is 0 Å². The molecule has 0 bridgehead atoms. The second-order valence-electron chi connectivity index (χ2n) is 26.7. The fraction of sp³-hybridized carbons (Fsp3) is 0.957. The first-order chi connectivity index (χ1) is 45.3. The van der Waals surface area contributed by atoms with Gasteiger partial charge in [0.05, 0.1) is 13.2 Å². The Morgan fingerprint density at radius 1 is 0.372 bits per heavy atom. The van der Waals surface area contributed by atoms with Gasteiger partial charge in [0, 0.05) is 19.3 Å². The summed E-state index contributed by atoms with van der Waals surface area (Å²) >= 11 is 0. The molecule has 2 heterocycles. The fourth-order valence-corrected chi connectivity index (χ4v) is 13.3. The van der Waals surface area contributed by atoms with Crippen molar-refractivity contribution >= 4 is 25.7 Å². The van der Waals surface area contributed by atoms with Gasteiger partial charge in [-0.15, -0.1) is 0 Å². The number of rotatable bonds is 57. The third-order valence-electron chi connectivity index (χ3n) is 18.4. The predicted octanol–water partition coefficient (Wildman–Crippen LogP) is 9.40. The summed E-state index contributed by atoms with van der Waals surface area (Å²) in [6, 6.07) is 0. The van der Waals surface area contributed by atoms with E-state index in [1.807, 2.05) is 0 Å². The number of unbranched alkanes of at least 4 members (excludes halogenated alkanes) is 36. The van der Waals surface area contributed by atoms with Crippen LogP contribution in [0.1, 0.15) is 290 Å². The van der Waals surface area contributed by atoms with Crippen LogP contribution in [0.2, 0.25) is 0 Å². The molecule has 24 nitrogen and oxygen atoms in total. The lowest BCUT2D eigenvalue weighted by molar-refractivity contribution is -0.360. The van der Waals surface area contributed by atoms with E-state index in [0.717, 1.165) is 89.9 Å². The zero-order chi connectivity index (χ0) is 68.9. The van der Waals surface area contributed by atoms with Crippen LogP contribution in [0.3, 0.4) is 0 Å². The summed E-state index contributed by atoms with van der Waals surface area (Å²) < 4.78 is 64.9. The Morgan fingerprint density at radius 2 is 0.681 bits per heavy atom. The summed E-state index contributed by atoms with van der Waals surface area (Å²) in [4.78, 5) is 50.9. The largest absolute Gasteiger partial charge is 0.472 e. The van der Waals surface area contributed by atoms with Crippen LogP contribution >= 0.6 is 7.82 Å². The summed E-state index contributed by atoms with van der Waals surface area (Å²) in [6.07, 6.45) is 7.58. The molecule has 0 radical (unpaired) electrons. The molecule has 18 unspecified atom stereocenters. The first kappa shape index (κ1) is 86.2. The number of hydrogen-bond acceptors (Lipinski definition) is 23. The highest BCUT2D eigenvalue weighted by Gasteiger charge is 2.58. The highest BCUT2D eigenvalue weighted by molar-refractivity contribution is 7.47. The van der Waals surface area contributed by atoms with E-state index in [9.17, 15) is 74.9 Å². The molecule has 0 amide bonds. The van der Waals surface area contributed by atoms with Crippen molar-refractivity contribution in [3.63, 3.8) is 0 Å². The molecule has 0 aromatic heterocycles. The first-order valence-electron chi connectivity index (χ1n) is 36.8. The summed E-state index contributed by atoms with van der Waals surface area (Å²) in [5, 5.41) is 110. The molecule has 2 aliphatic heterocycles. The van der Waals surface area contributed by atoms with Crippen LogP contribution in [-0.4, -0.2) is 204 Å². The average Bonchev–Trinajstić information content (AvgIpc) is 0.773. The number of phosphoric ester groups is 1. The molecule has 11 N–H and O–H groups in total. The van der Waals surface area contributed by atoms with Gasteiger partial charge in [-0.1, -0.05) is 252 Å². The smallest absolute Gasteiger partial charge is 0.463 e. The highest BCUT2D eigenvalue weighted by atomic mass is 31.2. The predicted molar refractivity (Wildman–Crippen MR) is 352 cm³/mol. The van der Waals surface area contributed by atoms with E-state index in [1.54, 1.807) is 0 Å². The van der Waals surface area contributed by atoms with Gasteiger partial charge in [-0.25, -0.2) is 4.57 Å². The van der Waals surface area contributed by atoms with E-state index in [2.05, 4.69) is 20.8 Å². The topological polar surface area (TPSA) is 374 Å². The molecule has 3 fully saturated rings. The molecule has 0 spiro atoms. The van der Waals surface area contributed by atoms with E-state index in [1.165, 1.54) is 141 Å². The van der Waals surface area contributed by atoms with Gasteiger partial charge in [0.25, 0.3) is 0 Å². The minimum atomic E-state index is -5.69. The van der Waals surface area contributed by atoms with E-state index in [0.29, 0.717) is 19.3 Å². The van der Waals surface area contributed by atoms with E-state index in [-0.39, 0.29) is 19.3 Å². The Balaban J connectivity index is 1.75. The molecule has 0 aromatic rings. The van der Waals surface area contributed by atoms with Crippen LogP contribution in [0, 0.1) is 0 Å². The van der Waals surface area contributed by atoms with Gasteiger partial charge < -0.3 is 89.1 Å². The molecule has 3 aliphatic rings. The molecular formula is C69H129O24P. The highest BCUT2D eigenvalue weighted by Crippen LogP contribution is 2.49. The number of ether oxygens (including phenoxy) is 7. The maximum absolute atomic E-state index is 14.3. The zero-order valence-corrected chi connectivity index (χ0v) is 58.4. The number of aliphatic hydroxyl groups is 10. The molecule has 554 valence electrons. The molecule has 0 aromatic carbocycles. The summed E-state index contributed by atoms with van der Waals surface area (Å²) in [7, 11) is -5.69. The summed E-state index contributed by atoms with van der Waals surface area (Å²) in [5.74, 6) is -1.98. The van der Waals surface area contributed by atoms with Crippen LogP contribution in [0.25, 0.3) is 0 Å². The number of esters is 3. The maximum atomic E-state index is 14.3. The third kappa shape index (κ3) is 35.3. The first-order valence-corrected chi connectivity index (χ1v) is 38.3. The van der Waals surface area contributed by atoms with Crippen molar-refractivity contribution in [3.8, 4) is 0 Å². The molecular weight excluding hydrogens is 1240 g/mol. The lowest BCUT2D eigenvalue weighted by Crippen LogP contribution is -2.69. The zero-order valence-electron chi connectivity index (χ0n) is 57.5. The summed E-state index contributed by atoms with van der Waals surface area (Å²) in [6.45, 7) is 3.44. The Labute approximate surface area is 561 Å². The molecule has 94 heavy (non-hydrogen) atoms. The van der Waals surface area contributed by atoms with Crippen molar-refractivity contribution < 1.29 is 117 Å². The van der Waals surface area contributed by atoms with Crippen LogP contribution < -0.4 is 0 Å². The standard InChI is InChI=1S/C69H129O24P/c1-4-7-10-13-16-19-22-24-25-27-30-33-36-39-42-45-55(73)88-50(47-85-53(71)43-40-37-34-32-29-26-23-20-17-14-11-8-5-2)48-87-94(83,84)93-67-65(91-68-63(81)58(76)56(74)51(46-70)89-68)61(79)60(78)62(80)66(67)92-69-64(82)59(77)57(75)52(90-69)49-86-54(72)44-41-38-35-31-28-21-18-15-12-9-6-3/h50-52,56-70,74-82H,4-49H2,1-3H3,(H,83,84). The number of phosphoric acid groups is 1. The van der Waals surface area contributed by atoms with Gasteiger partial charge >= 0.3 is 25.7 Å². The average molecular weight is 1370 g/mol. The van der Waals surface area contributed by atoms with Gasteiger partial charge in [0.1, 0.15) is 98.7 Å². The molecule has 2 saturated heterocycles. The number of carbonyl (C=O) groups excluding carboxylic acids is 3. The Morgan fingerprint density at radius 3 is 1.04 bits per heavy atom.